The van der Waals surface area contributed by atoms with Gasteiger partial charge in [-0.3, -0.25) is 9.59 Å². The van der Waals surface area contributed by atoms with Gasteiger partial charge in [0.15, 0.2) is 0 Å². The number of nitrogens with zero attached hydrogens (tertiary/aromatic N) is 2. The summed E-state index contributed by atoms with van der Waals surface area (Å²) in [7, 11) is 1.64. The van der Waals surface area contributed by atoms with Crippen LogP contribution in [0.1, 0.15) is 35.6 Å². The molecule has 0 aliphatic rings. The van der Waals surface area contributed by atoms with Crippen LogP contribution in [0.4, 0.5) is 0 Å². The minimum absolute atomic E-state index is 0.124. The van der Waals surface area contributed by atoms with Crippen molar-refractivity contribution in [3.63, 3.8) is 0 Å². The Morgan fingerprint density at radius 1 is 1.42 bits per heavy atom. The van der Waals surface area contributed by atoms with E-state index in [0.717, 1.165) is 17.9 Å². The molecule has 1 atom stereocenters. The number of carboxylic acid groups (broad SMARTS) is 1. The molecular formula is C14H22N2O3. The van der Waals surface area contributed by atoms with Gasteiger partial charge in [0.1, 0.15) is 0 Å². The summed E-state index contributed by atoms with van der Waals surface area (Å²) in [5, 5.41) is 8.88. The molecule has 0 saturated carbocycles. The number of rotatable bonds is 5. The van der Waals surface area contributed by atoms with Gasteiger partial charge in [-0.2, -0.15) is 0 Å². The van der Waals surface area contributed by atoms with E-state index < -0.39 is 11.9 Å². The first kappa shape index (κ1) is 15.3. The lowest BCUT2D eigenvalue weighted by Gasteiger charge is -2.19. The molecule has 5 nitrogen and oxygen atoms in total. The van der Waals surface area contributed by atoms with Crippen LogP contribution in [0.2, 0.25) is 0 Å². The Labute approximate surface area is 113 Å². The van der Waals surface area contributed by atoms with E-state index in [4.69, 9.17) is 5.11 Å². The number of carbonyl (C=O) groups is 2. The molecule has 0 bridgehead atoms. The summed E-state index contributed by atoms with van der Waals surface area (Å²) in [6.45, 7) is 8.54. The Bertz CT molecular complexity index is 491. The maximum absolute atomic E-state index is 12.3. The molecule has 0 unspecified atom stereocenters. The van der Waals surface area contributed by atoms with Crippen LogP contribution in [0.5, 0.6) is 0 Å². The van der Waals surface area contributed by atoms with E-state index in [-0.39, 0.29) is 12.5 Å². The van der Waals surface area contributed by atoms with Crippen LogP contribution >= 0.6 is 0 Å². The Balaban J connectivity index is 2.92. The minimum Gasteiger partial charge on any atom is -0.481 e. The zero-order valence-electron chi connectivity index (χ0n) is 12.2. The SMILES string of the molecule is CCn1c(C)cc(C(=O)N(C)C[C@H](C)C(=O)O)c1C. The molecule has 1 rings (SSSR count). The molecule has 106 valence electrons. The quantitative estimate of drug-likeness (QED) is 0.885. The summed E-state index contributed by atoms with van der Waals surface area (Å²) in [6, 6.07) is 1.86. The fraction of sp³-hybridized carbons (Fsp3) is 0.571. The van der Waals surface area contributed by atoms with Crippen molar-refractivity contribution in [3.05, 3.63) is 23.0 Å². The van der Waals surface area contributed by atoms with Crippen LogP contribution in [0.15, 0.2) is 6.07 Å². The zero-order valence-corrected chi connectivity index (χ0v) is 12.2. The smallest absolute Gasteiger partial charge is 0.308 e. The highest BCUT2D eigenvalue weighted by Crippen LogP contribution is 2.17. The van der Waals surface area contributed by atoms with Gasteiger partial charge in [-0.25, -0.2) is 0 Å². The highest BCUT2D eigenvalue weighted by molar-refractivity contribution is 5.95. The van der Waals surface area contributed by atoms with Crippen molar-refractivity contribution in [1.29, 1.82) is 0 Å². The predicted molar refractivity (Wildman–Crippen MR) is 73.3 cm³/mol. The van der Waals surface area contributed by atoms with E-state index in [9.17, 15) is 9.59 Å². The topological polar surface area (TPSA) is 62.5 Å². The Kier molecular flexibility index (Phi) is 4.75. The number of hydrogen-bond acceptors (Lipinski definition) is 2. The van der Waals surface area contributed by atoms with E-state index in [1.807, 2.05) is 26.8 Å². The fourth-order valence-electron chi connectivity index (χ4n) is 2.28. The second-order valence-corrected chi connectivity index (χ2v) is 4.95. The molecule has 0 fully saturated rings. The highest BCUT2D eigenvalue weighted by atomic mass is 16.4. The monoisotopic (exact) mass is 266 g/mol. The van der Waals surface area contributed by atoms with Gasteiger partial charge in [0.25, 0.3) is 5.91 Å². The third kappa shape index (κ3) is 3.16. The minimum atomic E-state index is -0.890. The lowest BCUT2D eigenvalue weighted by Crippen LogP contribution is -2.33. The summed E-state index contributed by atoms with van der Waals surface area (Å²) in [4.78, 5) is 24.6. The highest BCUT2D eigenvalue weighted by Gasteiger charge is 2.21. The van der Waals surface area contributed by atoms with Gasteiger partial charge in [0.2, 0.25) is 0 Å². The number of hydrogen-bond donors (Lipinski definition) is 1. The molecular weight excluding hydrogens is 244 g/mol. The Hall–Kier alpha value is -1.78. The summed E-state index contributed by atoms with van der Waals surface area (Å²) >= 11 is 0. The van der Waals surface area contributed by atoms with Gasteiger partial charge < -0.3 is 14.6 Å². The number of aliphatic carboxylic acids is 1. The van der Waals surface area contributed by atoms with Gasteiger partial charge >= 0.3 is 5.97 Å². The molecule has 0 aliphatic carbocycles. The summed E-state index contributed by atoms with van der Waals surface area (Å²) in [5.74, 6) is -1.58. The lowest BCUT2D eigenvalue weighted by atomic mass is 10.1. The standard InChI is InChI=1S/C14H22N2O3/c1-6-16-10(3)7-12(11(16)4)13(17)15(5)8-9(2)14(18)19/h7,9H,6,8H2,1-5H3,(H,18,19)/t9-/m0/s1. The van der Waals surface area contributed by atoms with Crippen molar-refractivity contribution in [2.24, 2.45) is 5.92 Å². The molecule has 1 amide bonds. The largest absolute Gasteiger partial charge is 0.481 e. The van der Waals surface area contributed by atoms with Gasteiger partial charge in [-0.05, 0) is 26.8 Å². The van der Waals surface area contributed by atoms with E-state index in [0.29, 0.717) is 5.56 Å². The number of aryl methyl sites for hydroxylation is 1. The van der Waals surface area contributed by atoms with Gasteiger partial charge in [0, 0.05) is 31.5 Å². The van der Waals surface area contributed by atoms with Crippen LogP contribution in [-0.4, -0.2) is 40.0 Å². The van der Waals surface area contributed by atoms with Gasteiger partial charge in [-0.1, -0.05) is 6.92 Å². The van der Waals surface area contributed by atoms with Gasteiger partial charge in [-0.15, -0.1) is 0 Å². The maximum Gasteiger partial charge on any atom is 0.308 e. The van der Waals surface area contributed by atoms with Gasteiger partial charge in [0.05, 0.1) is 11.5 Å². The fourth-order valence-corrected chi connectivity index (χ4v) is 2.28. The average Bonchev–Trinajstić information content (AvgIpc) is 2.63. The molecule has 19 heavy (non-hydrogen) atoms. The first-order valence-corrected chi connectivity index (χ1v) is 6.44. The first-order valence-electron chi connectivity index (χ1n) is 6.44. The third-order valence-electron chi connectivity index (χ3n) is 3.44. The third-order valence-corrected chi connectivity index (χ3v) is 3.44. The second-order valence-electron chi connectivity index (χ2n) is 4.95. The number of carboxylic acids is 1. The summed E-state index contributed by atoms with van der Waals surface area (Å²) in [6.07, 6.45) is 0. The van der Waals surface area contributed by atoms with Crippen molar-refractivity contribution >= 4 is 11.9 Å². The van der Waals surface area contributed by atoms with Crippen molar-refractivity contribution in [2.45, 2.75) is 34.2 Å². The van der Waals surface area contributed by atoms with Crippen LogP contribution in [0, 0.1) is 19.8 Å². The number of amides is 1. The molecule has 1 aromatic rings. The van der Waals surface area contributed by atoms with Crippen LogP contribution in [-0.2, 0) is 11.3 Å². The molecule has 0 saturated heterocycles. The molecule has 1 aromatic heterocycles. The van der Waals surface area contributed by atoms with Crippen molar-refractivity contribution < 1.29 is 14.7 Å². The molecule has 0 aliphatic heterocycles. The van der Waals surface area contributed by atoms with Crippen molar-refractivity contribution in [3.8, 4) is 0 Å². The molecule has 0 radical (unpaired) electrons. The first-order chi connectivity index (χ1) is 8.79. The average molecular weight is 266 g/mol. The summed E-state index contributed by atoms with van der Waals surface area (Å²) in [5.41, 5.74) is 2.63. The van der Waals surface area contributed by atoms with E-state index in [1.54, 1.807) is 14.0 Å². The molecule has 1 N–H and O–H groups in total. The van der Waals surface area contributed by atoms with Crippen molar-refractivity contribution in [1.82, 2.24) is 9.47 Å². The normalized spacial score (nSPS) is 12.3. The maximum atomic E-state index is 12.3. The zero-order chi connectivity index (χ0) is 14.7. The molecule has 1 heterocycles. The van der Waals surface area contributed by atoms with E-state index >= 15 is 0 Å². The van der Waals surface area contributed by atoms with Crippen LogP contribution in [0.3, 0.4) is 0 Å². The van der Waals surface area contributed by atoms with Crippen LogP contribution < -0.4 is 0 Å². The lowest BCUT2D eigenvalue weighted by molar-refractivity contribution is -0.141. The Morgan fingerprint density at radius 3 is 2.42 bits per heavy atom. The molecule has 0 aromatic carbocycles. The summed E-state index contributed by atoms with van der Waals surface area (Å²) < 4.78 is 2.07. The predicted octanol–water partition coefficient (Wildman–Crippen LogP) is 1.92. The number of aromatic nitrogens is 1. The second kappa shape index (κ2) is 5.91. The molecule has 0 spiro atoms. The van der Waals surface area contributed by atoms with E-state index in [2.05, 4.69) is 4.57 Å². The van der Waals surface area contributed by atoms with Crippen molar-refractivity contribution in [2.75, 3.05) is 13.6 Å². The van der Waals surface area contributed by atoms with E-state index in [1.165, 1.54) is 4.90 Å². The molecule has 5 heteroatoms. The Morgan fingerprint density at radius 2 is 2.00 bits per heavy atom. The van der Waals surface area contributed by atoms with Crippen LogP contribution in [0.25, 0.3) is 0 Å². The number of carbonyl (C=O) groups excluding carboxylic acids is 1.